The zero-order chi connectivity index (χ0) is 25.6. The lowest BCUT2D eigenvalue weighted by atomic mass is 10.1. The first-order chi connectivity index (χ1) is 18.2. The number of fused-ring (bicyclic) bond motifs is 1. The number of para-hydroxylation sites is 2. The topological polar surface area (TPSA) is 108 Å². The predicted molar refractivity (Wildman–Crippen MR) is 142 cm³/mol. The van der Waals surface area contributed by atoms with Crippen LogP contribution in [0, 0.1) is 0 Å². The summed E-state index contributed by atoms with van der Waals surface area (Å²) < 4.78 is 18.2. The van der Waals surface area contributed by atoms with Crippen molar-refractivity contribution in [1.29, 1.82) is 0 Å². The molecule has 2 N–H and O–H groups in total. The number of imidazole rings is 1. The summed E-state index contributed by atoms with van der Waals surface area (Å²) in [4.78, 5) is 18.2. The van der Waals surface area contributed by atoms with E-state index in [2.05, 4.69) is 37.7 Å². The third kappa shape index (κ3) is 5.08. The first-order valence-corrected chi connectivity index (χ1v) is 11.7. The van der Waals surface area contributed by atoms with Crippen molar-refractivity contribution in [3.05, 3.63) is 78.6 Å². The number of hydrogen-bond donors (Lipinski definition) is 2. The SMILES string of the molecule is COc1cc(Nc2ncnc(-n3c(NCCc4ccccc4)nc4ccccc43)n2)cc(OC)c1OC. The van der Waals surface area contributed by atoms with E-state index in [-0.39, 0.29) is 0 Å². The van der Waals surface area contributed by atoms with E-state index in [0.717, 1.165) is 17.5 Å². The minimum Gasteiger partial charge on any atom is -0.493 e. The Kier molecular flexibility index (Phi) is 6.98. The average molecular weight is 498 g/mol. The average Bonchev–Trinajstić information content (AvgIpc) is 3.31. The summed E-state index contributed by atoms with van der Waals surface area (Å²) in [6.07, 6.45) is 2.32. The summed E-state index contributed by atoms with van der Waals surface area (Å²) in [6, 6.07) is 21.8. The summed E-state index contributed by atoms with van der Waals surface area (Å²) in [5, 5.41) is 6.65. The quantitative estimate of drug-likeness (QED) is 0.285. The standard InChI is InChI=1S/C27H27N7O3/c1-35-22-15-19(16-23(36-2)24(22)37-3)31-25-29-17-30-27(33-25)34-21-12-8-7-11-20(21)32-26(34)28-14-13-18-9-5-4-6-10-18/h4-12,15-17H,13-14H2,1-3H3,(H,28,32)(H,29,30,31,33). The monoisotopic (exact) mass is 497 g/mol. The number of anilines is 3. The fourth-order valence-corrected chi connectivity index (χ4v) is 4.05. The second-order valence-corrected chi connectivity index (χ2v) is 8.07. The summed E-state index contributed by atoms with van der Waals surface area (Å²) in [5.74, 6) is 2.98. The van der Waals surface area contributed by atoms with Crippen molar-refractivity contribution in [1.82, 2.24) is 24.5 Å². The third-order valence-electron chi connectivity index (χ3n) is 5.78. The van der Waals surface area contributed by atoms with Crippen LogP contribution in [-0.4, -0.2) is 52.4 Å². The molecule has 0 radical (unpaired) electrons. The van der Waals surface area contributed by atoms with E-state index in [0.29, 0.717) is 47.3 Å². The fraction of sp³-hybridized carbons (Fsp3) is 0.185. The van der Waals surface area contributed by atoms with Gasteiger partial charge in [-0.2, -0.15) is 4.98 Å². The zero-order valence-electron chi connectivity index (χ0n) is 20.8. The summed E-state index contributed by atoms with van der Waals surface area (Å²) in [5.41, 5.74) is 3.64. The molecule has 0 bridgehead atoms. The number of hydrogen-bond acceptors (Lipinski definition) is 9. The van der Waals surface area contributed by atoms with Gasteiger partial charge in [-0.05, 0) is 24.1 Å². The van der Waals surface area contributed by atoms with Gasteiger partial charge in [0.25, 0.3) is 0 Å². The Balaban J connectivity index is 1.46. The molecule has 0 fully saturated rings. The van der Waals surface area contributed by atoms with Gasteiger partial charge in [-0.15, -0.1) is 0 Å². The highest BCUT2D eigenvalue weighted by Crippen LogP contribution is 2.40. The van der Waals surface area contributed by atoms with Gasteiger partial charge in [0.2, 0.25) is 23.6 Å². The molecule has 0 atom stereocenters. The van der Waals surface area contributed by atoms with E-state index < -0.39 is 0 Å². The van der Waals surface area contributed by atoms with Crippen molar-refractivity contribution < 1.29 is 14.2 Å². The van der Waals surface area contributed by atoms with E-state index in [1.807, 2.05) is 47.0 Å². The maximum absolute atomic E-state index is 5.45. The molecule has 10 heteroatoms. The van der Waals surface area contributed by atoms with Crippen molar-refractivity contribution in [2.75, 3.05) is 38.5 Å². The molecular weight excluding hydrogens is 470 g/mol. The molecule has 0 saturated carbocycles. The number of rotatable bonds is 10. The van der Waals surface area contributed by atoms with Crippen LogP contribution in [-0.2, 0) is 6.42 Å². The van der Waals surface area contributed by atoms with Crippen LogP contribution in [0.1, 0.15) is 5.56 Å². The Morgan fingerprint density at radius 1 is 0.811 bits per heavy atom. The molecule has 188 valence electrons. The summed E-state index contributed by atoms with van der Waals surface area (Å²) in [7, 11) is 4.70. The largest absolute Gasteiger partial charge is 0.493 e. The molecule has 0 aliphatic heterocycles. The van der Waals surface area contributed by atoms with Gasteiger partial charge in [0.1, 0.15) is 6.33 Å². The number of aromatic nitrogens is 5. The Morgan fingerprint density at radius 3 is 2.27 bits per heavy atom. The van der Waals surface area contributed by atoms with E-state index >= 15 is 0 Å². The Hall–Kier alpha value is -4.86. The van der Waals surface area contributed by atoms with Crippen LogP contribution in [0.15, 0.2) is 73.1 Å². The molecule has 2 heterocycles. The molecule has 0 unspecified atom stereocenters. The first-order valence-electron chi connectivity index (χ1n) is 11.7. The van der Waals surface area contributed by atoms with Crippen LogP contribution in [0.5, 0.6) is 17.2 Å². The Morgan fingerprint density at radius 2 is 1.54 bits per heavy atom. The van der Waals surface area contributed by atoms with Gasteiger partial charge in [0, 0.05) is 24.4 Å². The molecule has 5 rings (SSSR count). The van der Waals surface area contributed by atoms with E-state index in [9.17, 15) is 0 Å². The molecule has 0 aliphatic carbocycles. The van der Waals surface area contributed by atoms with Gasteiger partial charge < -0.3 is 24.8 Å². The molecule has 3 aromatic carbocycles. The normalized spacial score (nSPS) is 10.8. The minimum atomic E-state index is 0.354. The molecule has 0 spiro atoms. The van der Waals surface area contributed by atoms with Gasteiger partial charge in [0.15, 0.2) is 11.5 Å². The fourth-order valence-electron chi connectivity index (χ4n) is 4.05. The number of methoxy groups -OCH3 is 3. The first kappa shape index (κ1) is 23.9. The van der Waals surface area contributed by atoms with Crippen molar-refractivity contribution in [2.45, 2.75) is 6.42 Å². The molecule has 0 saturated heterocycles. The van der Waals surface area contributed by atoms with Gasteiger partial charge in [-0.1, -0.05) is 42.5 Å². The van der Waals surface area contributed by atoms with Gasteiger partial charge in [-0.25, -0.2) is 19.5 Å². The van der Waals surface area contributed by atoms with Crippen molar-refractivity contribution in [2.24, 2.45) is 0 Å². The maximum Gasteiger partial charge on any atom is 0.241 e. The lowest BCUT2D eigenvalue weighted by Gasteiger charge is -2.15. The van der Waals surface area contributed by atoms with Gasteiger partial charge in [-0.3, -0.25) is 0 Å². The minimum absolute atomic E-state index is 0.354. The molecule has 37 heavy (non-hydrogen) atoms. The van der Waals surface area contributed by atoms with Crippen LogP contribution in [0.25, 0.3) is 17.0 Å². The second-order valence-electron chi connectivity index (χ2n) is 8.07. The molecule has 5 aromatic rings. The Labute approximate surface area is 214 Å². The molecular formula is C27H27N7O3. The maximum atomic E-state index is 5.45. The van der Waals surface area contributed by atoms with Gasteiger partial charge >= 0.3 is 0 Å². The molecule has 2 aromatic heterocycles. The smallest absolute Gasteiger partial charge is 0.241 e. The van der Waals surface area contributed by atoms with Crippen LogP contribution >= 0.6 is 0 Å². The second kappa shape index (κ2) is 10.8. The number of nitrogens with one attached hydrogen (secondary N) is 2. The molecule has 0 amide bonds. The number of benzene rings is 3. The summed E-state index contributed by atoms with van der Waals surface area (Å²) in [6.45, 7) is 0.703. The predicted octanol–water partition coefficient (Wildman–Crippen LogP) is 4.63. The van der Waals surface area contributed by atoms with Crippen LogP contribution in [0.3, 0.4) is 0 Å². The lowest BCUT2D eigenvalue weighted by Crippen LogP contribution is -2.12. The third-order valence-corrected chi connectivity index (χ3v) is 5.78. The van der Waals surface area contributed by atoms with Crippen molar-refractivity contribution in [3.63, 3.8) is 0 Å². The lowest BCUT2D eigenvalue weighted by molar-refractivity contribution is 0.324. The molecule has 10 nitrogen and oxygen atoms in total. The van der Waals surface area contributed by atoms with Crippen LogP contribution in [0.2, 0.25) is 0 Å². The van der Waals surface area contributed by atoms with Crippen LogP contribution < -0.4 is 24.8 Å². The van der Waals surface area contributed by atoms with E-state index in [4.69, 9.17) is 19.2 Å². The summed E-state index contributed by atoms with van der Waals surface area (Å²) >= 11 is 0. The Bertz CT molecular complexity index is 1480. The van der Waals surface area contributed by atoms with Crippen molar-refractivity contribution >= 4 is 28.6 Å². The molecule has 0 aliphatic rings. The van der Waals surface area contributed by atoms with E-state index in [1.54, 1.807) is 33.5 Å². The highest BCUT2D eigenvalue weighted by atomic mass is 16.5. The highest BCUT2D eigenvalue weighted by Gasteiger charge is 2.17. The zero-order valence-corrected chi connectivity index (χ0v) is 20.8. The van der Waals surface area contributed by atoms with Crippen LogP contribution in [0.4, 0.5) is 17.6 Å². The van der Waals surface area contributed by atoms with Crippen molar-refractivity contribution in [3.8, 4) is 23.2 Å². The number of ether oxygens (including phenoxy) is 3. The van der Waals surface area contributed by atoms with E-state index in [1.165, 1.54) is 11.9 Å². The highest BCUT2D eigenvalue weighted by molar-refractivity contribution is 5.80. The van der Waals surface area contributed by atoms with Gasteiger partial charge in [0.05, 0.1) is 32.4 Å². The number of nitrogens with zero attached hydrogens (tertiary/aromatic N) is 5.